The first-order valence-electron chi connectivity index (χ1n) is 2.71. The Labute approximate surface area is 62.8 Å². The second kappa shape index (κ2) is 4.35. The average Bonchev–Trinajstić information content (AvgIpc) is 1.98. The fourth-order valence-electron chi connectivity index (χ4n) is 0.466. The number of carboxylic acids is 1. The average molecular weight is 160 g/mol. The summed E-state index contributed by atoms with van der Waals surface area (Å²) in [6, 6.07) is 0. The van der Waals surface area contributed by atoms with Crippen molar-refractivity contribution in [1.29, 1.82) is 0 Å². The molecule has 0 bridgehead atoms. The molecule has 0 radical (unpaired) electrons. The minimum atomic E-state index is -1.36. The number of allylic oxidation sites excluding steroid dienone is 1. The zero-order valence-corrected chi connectivity index (χ0v) is 5.65. The molecule has 0 spiro atoms. The van der Waals surface area contributed by atoms with Crippen molar-refractivity contribution in [3.63, 3.8) is 0 Å². The molecule has 0 rings (SSSR count). The second-order valence-electron chi connectivity index (χ2n) is 1.67. The molecule has 3 N–H and O–H groups in total. The Bertz CT molecular complexity index is 193. The first-order chi connectivity index (χ1) is 5.13. The van der Waals surface area contributed by atoms with Crippen molar-refractivity contribution < 1.29 is 25.2 Å². The lowest BCUT2D eigenvalue weighted by Crippen LogP contribution is -2.05. The van der Waals surface area contributed by atoms with Crippen LogP contribution in [0.25, 0.3) is 0 Å². The summed E-state index contributed by atoms with van der Waals surface area (Å²) < 4.78 is 0. The van der Waals surface area contributed by atoms with Crippen LogP contribution in [0.3, 0.4) is 0 Å². The van der Waals surface area contributed by atoms with Gasteiger partial charge in [0.25, 0.3) is 0 Å². The summed E-state index contributed by atoms with van der Waals surface area (Å²) in [6.07, 6.45) is 1.18. The predicted octanol–water partition coefficient (Wildman–Crippen LogP) is 0.906. The van der Waals surface area contributed by atoms with Gasteiger partial charge in [-0.05, 0) is 0 Å². The fourth-order valence-corrected chi connectivity index (χ4v) is 0.466. The summed E-state index contributed by atoms with van der Waals surface area (Å²) in [4.78, 5) is 13.6. The predicted molar refractivity (Wildman–Crippen MR) is 35.8 cm³/mol. The smallest absolute Gasteiger partial charge is 0.339 e. The first kappa shape index (κ1) is 9.51. The van der Waals surface area contributed by atoms with Crippen LogP contribution in [-0.2, 0) is 9.68 Å². The van der Waals surface area contributed by atoms with Crippen molar-refractivity contribution in [3.05, 3.63) is 24.2 Å². The summed E-state index contributed by atoms with van der Waals surface area (Å²) in [5.74, 6) is -2.38. The van der Waals surface area contributed by atoms with Crippen molar-refractivity contribution in [2.24, 2.45) is 0 Å². The molecule has 0 unspecified atom stereocenters. The van der Waals surface area contributed by atoms with Crippen LogP contribution in [0.4, 0.5) is 0 Å². The van der Waals surface area contributed by atoms with Crippen molar-refractivity contribution in [1.82, 2.24) is 0 Å². The molecule has 0 aromatic carbocycles. The van der Waals surface area contributed by atoms with Gasteiger partial charge < -0.3 is 15.1 Å². The molecule has 5 nitrogen and oxygen atoms in total. The van der Waals surface area contributed by atoms with E-state index in [1.165, 1.54) is 6.08 Å². The number of rotatable bonds is 4. The van der Waals surface area contributed by atoms with Crippen LogP contribution in [0.2, 0.25) is 0 Å². The van der Waals surface area contributed by atoms with Gasteiger partial charge in [0.2, 0.25) is 0 Å². The fraction of sp³-hybridized carbons (Fsp3) is 0.167. The van der Waals surface area contributed by atoms with E-state index in [0.717, 1.165) is 0 Å². The van der Waals surface area contributed by atoms with Gasteiger partial charge in [-0.15, -0.1) is 6.58 Å². The van der Waals surface area contributed by atoms with Gasteiger partial charge in [0.05, 0.1) is 0 Å². The highest BCUT2D eigenvalue weighted by Gasteiger charge is 2.13. The molecule has 62 valence electrons. The summed E-state index contributed by atoms with van der Waals surface area (Å²) in [6.45, 7) is 3.25. The van der Waals surface area contributed by atoms with Crippen LogP contribution in [0.1, 0.15) is 6.42 Å². The first-order valence-corrected chi connectivity index (χ1v) is 2.71. The Morgan fingerprint density at radius 1 is 1.55 bits per heavy atom. The monoisotopic (exact) mass is 160 g/mol. The van der Waals surface area contributed by atoms with Gasteiger partial charge in [-0.3, -0.25) is 0 Å². The van der Waals surface area contributed by atoms with E-state index in [2.05, 4.69) is 11.5 Å². The maximum Gasteiger partial charge on any atom is 0.339 e. The largest absolute Gasteiger partial charge is 0.478 e. The molecule has 0 saturated carbocycles. The molecule has 0 aromatic heterocycles. The number of aliphatic carboxylic acids is 1. The molecule has 0 amide bonds. The molecule has 0 aliphatic heterocycles. The zero-order chi connectivity index (χ0) is 8.85. The molecule has 0 heterocycles. The summed E-state index contributed by atoms with van der Waals surface area (Å²) in [5, 5.41) is 24.8. The van der Waals surface area contributed by atoms with Crippen molar-refractivity contribution in [2.45, 2.75) is 6.42 Å². The van der Waals surface area contributed by atoms with Gasteiger partial charge in [0.15, 0.2) is 0 Å². The summed E-state index contributed by atoms with van der Waals surface area (Å²) in [5.41, 5.74) is -0.442. The number of hydrogen-bond donors (Lipinski definition) is 3. The van der Waals surface area contributed by atoms with Gasteiger partial charge in [-0.1, -0.05) is 6.08 Å². The molecule has 0 aliphatic carbocycles. The second-order valence-corrected chi connectivity index (χ2v) is 1.67. The van der Waals surface area contributed by atoms with Gasteiger partial charge in [0.1, 0.15) is 5.57 Å². The van der Waals surface area contributed by atoms with Gasteiger partial charge in [0, 0.05) is 6.42 Å². The minimum absolute atomic E-state index is 0.0816. The maximum atomic E-state index is 10.2. The lowest BCUT2D eigenvalue weighted by atomic mass is 10.2. The van der Waals surface area contributed by atoms with Crippen molar-refractivity contribution in [2.75, 3.05) is 0 Å². The molecule has 0 saturated heterocycles. The SMILES string of the molecule is C=CCC(C(=O)O)=C(O)OO. The minimum Gasteiger partial charge on any atom is -0.478 e. The van der Waals surface area contributed by atoms with Gasteiger partial charge in [-0.2, -0.15) is 5.26 Å². The topological polar surface area (TPSA) is 87.0 Å². The summed E-state index contributed by atoms with van der Waals surface area (Å²) >= 11 is 0. The third kappa shape index (κ3) is 2.72. The van der Waals surface area contributed by atoms with E-state index in [9.17, 15) is 4.79 Å². The molecule has 0 fully saturated rings. The van der Waals surface area contributed by atoms with E-state index in [0.29, 0.717) is 0 Å². The molecule has 5 heteroatoms. The third-order valence-electron chi connectivity index (χ3n) is 0.951. The highest BCUT2D eigenvalue weighted by Crippen LogP contribution is 2.07. The van der Waals surface area contributed by atoms with Crippen molar-refractivity contribution in [3.8, 4) is 0 Å². The van der Waals surface area contributed by atoms with E-state index in [-0.39, 0.29) is 6.42 Å². The Morgan fingerprint density at radius 2 is 2.09 bits per heavy atom. The van der Waals surface area contributed by atoms with E-state index in [4.69, 9.17) is 15.5 Å². The Kier molecular flexibility index (Phi) is 3.76. The van der Waals surface area contributed by atoms with Crippen LogP contribution in [0, 0.1) is 0 Å². The van der Waals surface area contributed by atoms with Crippen LogP contribution in [-0.4, -0.2) is 21.4 Å². The Hall–Kier alpha value is -1.49. The van der Waals surface area contributed by atoms with E-state index >= 15 is 0 Å². The summed E-state index contributed by atoms with van der Waals surface area (Å²) in [7, 11) is 0. The Balaban J connectivity index is 4.56. The number of carboxylic acid groups (broad SMARTS) is 1. The maximum absolute atomic E-state index is 10.2. The highest BCUT2D eigenvalue weighted by atomic mass is 17.1. The van der Waals surface area contributed by atoms with E-state index in [1.54, 1.807) is 0 Å². The molecule has 11 heavy (non-hydrogen) atoms. The lowest BCUT2D eigenvalue weighted by Gasteiger charge is -1.99. The molecule has 0 aromatic rings. The van der Waals surface area contributed by atoms with E-state index < -0.39 is 17.5 Å². The molecule has 0 atom stereocenters. The quantitative estimate of drug-likeness (QED) is 0.187. The normalized spacial score (nSPS) is 11.7. The van der Waals surface area contributed by atoms with Crippen LogP contribution >= 0.6 is 0 Å². The van der Waals surface area contributed by atoms with Gasteiger partial charge >= 0.3 is 11.9 Å². The van der Waals surface area contributed by atoms with E-state index in [1.807, 2.05) is 0 Å². The number of aliphatic hydroxyl groups excluding tert-OH is 1. The molecule has 0 aliphatic rings. The number of aliphatic hydroxyl groups is 1. The standard InChI is InChI=1S/C6H8O5/c1-2-3-4(5(7)8)6(9)11-10/h2,9-10H,1,3H2,(H,7,8). The third-order valence-corrected chi connectivity index (χ3v) is 0.951. The number of hydrogen-bond acceptors (Lipinski definition) is 4. The lowest BCUT2D eigenvalue weighted by molar-refractivity contribution is -0.237. The van der Waals surface area contributed by atoms with Crippen LogP contribution < -0.4 is 0 Å². The van der Waals surface area contributed by atoms with Crippen LogP contribution in [0.5, 0.6) is 0 Å². The zero-order valence-electron chi connectivity index (χ0n) is 5.65. The molecular formula is C6H8O5. The molecular weight excluding hydrogens is 152 g/mol. The van der Waals surface area contributed by atoms with Crippen LogP contribution in [0.15, 0.2) is 24.2 Å². The highest BCUT2D eigenvalue weighted by molar-refractivity contribution is 5.87. The Morgan fingerprint density at radius 3 is 2.36 bits per heavy atom. The van der Waals surface area contributed by atoms with Crippen molar-refractivity contribution >= 4 is 5.97 Å². The van der Waals surface area contributed by atoms with Gasteiger partial charge in [-0.25, -0.2) is 4.79 Å². The number of carbonyl (C=O) groups is 1.